The number of nitrogens with zero attached hydrogens (tertiary/aromatic N) is 4. The first-order valence-corrected chi connectivity index (χ1v) is 15.4. The lowest BCUT2D eigenvalue weighted by Crippen LogP contribution is -2.41. The van der Waals surface area contributed by atoms with Gasteiger partial charge in [0.25, 0.3) is 5.91 Å². The van der Waals surface area contributed by atoms with E-state index < -0.39 is 15.7 Å². The van der Waals surface area contributed by atoms with Crippen molar-refractivity contribution in [2.75, 3.05) is 50.5 Å². The number of carbonyl (C=O) groups is 1. The Kier molecular flexibility index (Phi) is 8.31. The Bertz CT molecular complexity index is 1390. The van der Waals surface area contributed by atoms with Gasteiger partial charge in [-0.2, -0.15) is 0 Å². The number of amides is 1. The molecule has 2 aliphatic rings. The summed E-state index contributed by atoms with van der Waals surface area (Å²) < 4.78 is 31.5. The van der Waals surface area contributed by atoms with Gasteiger partial charge in [-0.05, 0) is 17.7 Å². The van der Waals surface area contributed by atoms with Crippen molar-refractivity contribution in [2.45, 2.75) is 20.2 Å². The summed E-state index contributed by atoms with van der Waals surface area (Å²) in [6.45, 7) is 4.70. The first-order valence-electron chi connectivity index (χ1n) is 11.3. The average molecular weight is 602 g/mol. The predicted molar refractivity (Wildman–Crippen MR) is 143 cm³/mol. The van der Waals surface area contributed by atoms with Crippen LogP contribution in [0.2, 0.25) is 10.0 Å². The summed E-state index contributed by atoms with van der Waals surface area (Å²) in [6, 6.07) is 4.65. The Hall–Kier alpha value is -1.84. The monoisotopic (exact) mass is 600 g/mol. The number of rotatable bonds is 8. The fourth-order valence-corrected chi connectivity index (χ4v) is 8.14. The number of hydrogen-bond acceptors (Lipinski definition) is 11. The van der Waals surface area contributed by atoms with Crippen LogP contribution in [0.25, 0.3) is 0 Å². The first kappa shape index (κ1) is 26.8. The van der Waals surface area contributed by atoms with Crippen LogP contribution in [-0.4, -0.2) is 79.6 Å². The zero-order valence-corrected chi connectivity index (χ0v) is 23.3. The van der Waals surface area contributed by atoms with Crippen molar-refractivity contribution in [1.82, 2.24) is 25.4 Å². The number of nitrogens with one attached hydrogen (secondary N) is 2. The lowest BCUT2D eigenvalue weighted by molar-refractivity contribution is 0.0382. The van der Waals surface area contributed by atoms with E-state index in [1.807, 2.05) is 0 Å². The molecule has 1 aromatic carbocycles. The number of carbonyl (C=O) groups excluding carboxylic acids is 1. The largest absolute Gasteiger partial charge is 0.379 e. The molecular formula is C22H22Cl2N6O4S3. The van der Waals surface area contributed by atoms with Gasteiger partial charge in [-0.25, -0.2) is 8.42 Å². The van der Waals surface area contributed by atoms with Gasteiger partial charge < -0.3 is 15.4 Å². The van der Waals surface area contributed by atoms with E-state index in [0.717, 1.165) is 44.2 Å². The highest BCUT2D eigenvalue weighted by Crippen LogP contribution is 2.39. The quantitative estimate of drug-likeness (QED) is 0.397. The van der Waals surface area contributed by atoms with Crippen LogP contribution in [0.15, 0.2) is 44.7 Å². The highest BCUT2D eigenvalue weighted by Gasteiger charge is 2.35. The molecule has 15 heteroatoms. The number of hydrogen-bond donors (Lipinski definition) is 2. The summed E-state index contributed by atoms with van der Waals surface area (Å²) in [6.07, 6.45) is 2.94. The highest BCUT2D eigenvalue weighted by atomic mass is 35.5. The summed E-state index contributed by atoms with van der Waals surface area (Å²) in [5.41, 5.74) is 1.08. The molecule has 0 aliphatic carbocycles. The van der Waals surface area contributed by atoms with Gasteiger partial charge in [-0.1, -0.05) is 52.4 Å². The topological polar surface area (TPSA) is 126 Å². The van der Waals surface area contributed by atoms with Crippen LogP contribution in [0.1, 0.15) is 21.4 Å². The number of sulfone groups is 1. The number of fused-ring (bicyclic) bond motifs is 1. The van der Waals surface area contributed by atoms with E-state index in [1.165, 1.54) is 30.2 Å². The number of halogens is 2. The number of pyridine rings is 1. The maximum atomic E-state index is 12.8. The van der Waals surface area contributed by atoms with Gasteiger partial charge in [0.05, 0.1) is 38.8 Å². The Morgan fingerprint density at radius 2 is 1.95 bits per heavy atom. The molecule has 0 spiro atoms. The molecule has 0 saturated carbocycles. The summed E-state index contributed by atoms with van der Waals surface area (Å²) in [5, 5.41) is 14.9. The van der Waals surface area contributed by atoms with Crippen LogP contribution >= 0.6 is 46.3 Å². The molecule has 0 radical (unpaired) electrons. The molecule has 1 unspecified atom stereocenters. The zero-order valence-electron chi connectivity index (χ0n) is 19.3. The average Bonchev–Trinajstić information content (AvgIpc) is 3.44. The molecule has 196 valence electrons. The summed E-state index contributed by atoms with van der Waals surface area (Å²) in [7, 11) is -3.48. The van der Waals surface area contributed by atoms with Crippen molar-refractivity contribution in [3.05, 3.63) is 51.2 Å². The van der Waals surface area contributed by atoms with E-state index in [1.54, 1.807) is 12.1 Å². The Labute approximate surface area is 232 Å². The lowest BCUT2D eigenvalue weighted by Gasteiger charge is -2.27. The van der Waals surface area contributed by atoms with Crippen LogP contribution in [0, 0.1) is 0 Å². The van der Waals surface area contributed by atoms with Crippen LogP contribution in [0.4, 0.5) is 5.69 Å². The minimum absolute atomic E-state index is 0.0139. The second-order valence-corrected chi connectivity index (χ2v) is 13.4. The molecular weight excluding hydrogens is 579 g/mol. The van der Waals surface area contributed by atoms with Crippen molar-refractivity contribution < 1.29 is 17.9 Å². The Balaban J connectivity index is 1.23. The van der Waals surface area contributed by atoms with Crippen molar-refractivity contribution in [3.63, 3.8) is 0 Å². The third-order valence-electron chi connectivity index (χ3n) is 5.89. The lowest BCUT2D eigenvalue weighted by atomic mass is 10.1. The molecule has 1 atom stereocenters. The van der Waals surface area contributed by atoms with Gasteiger partial charge in [0.15, 0.2) is 14.2 Å². The Morgan fingerprint density at radius 1 is 1.19 bits per heavy atom. The first-order chi connectivity index (χ1) is 17.8. The van der Waals surface area contributed by atoms with E-state index in [4.69, 9.17) is 27.9 Å². The van der Waals surface area contributed by atoms with Crippen LogP contribution in [-0.2, 0) is 14.6 Å². The van der Waals surface area contributed by atoms with Gasteiger partial charge in [0.2, 0.25) is 5.01 Å². The van der Waals surface area contributed by atoms with Crippen molar-refractivity contribution in [3.8, 4) is 0 Å². The molecule has 4 heterocycles. The third-order valence-corrected chi connectivity index (χ3v) is 10.6. The van der Waals surface area contributed by atoms with E-state index in [-0.39, 0.29) is 21.7 Å². The van der Waals surface area contributed by atoms with E-state index in [2.05, 4.69) is 30.7 Å². The van der Waals surface area contributed by atoms with Gasteiger partial charge in [0, 0.05) is 50.3 Å². The van der Waals surface area contributed by atoms with Gasteiger partial charge >= 0.3 is 0 Å². The maximum Gasteiger partial charge on any atom is 0.286 e. The molecule has 3 aromatic rings. The van der Waals surface area contributed by atoms with Crippen molar-refractivity contribution in [1.29, 1.82) is 0 Å². The number of aromatic nitrogens is 3. The van der Waals surface area contributed by atoms with Crippen LogP contribution in [0.5, 0.6) is 0 Å². The van der Waals surface area contributed by atoms with E-state index >= 15 is 0 Å². The third kappa shape index (κ3) is 6.25. The fraction of sp³-hybridized carbons (Fsp3) is 0.364. The molecule has 5 rings (SSSR count). The number of anilines is 1. The molecule has 10 nitrogen and oxygen atoms in total. The number of ether oxygens (including phenoxy) is 1. The van der Waals surface area contributed by atoms with Crippen molar-refractivity contribution in [2.24, 2.45) is 0 Å². The zero-order chi connectivity index (χ0) is 26.0. The van der Waals surface area contributed by atoms with Gasteiger partial charge in [-0.3, -0.25) is 14.7 Å². The SMILES string of the molecule is O=C(Nc1ccc2c(c1)S(=O)(=O)CC2NCCN1CCOCC1)c1nnc(Sc2c(Cl)cncc2Cl)s1. The van der Waals surface area contributed by atoms with Crippen LogP contribution < -0.4 is 10.6 Å². The maximum absolute atomic E-state index is 12.8. The van der Waals surface area contributed by atoms with Gasteiger partial charge in [0.1, 0.15) is 0 Å². The smallest absolute Gasteiger partial charge is 0.286 e. The minimum atomic E-state index is -3.48. The molecule has 2 aromatic heterocycles. The fourth-order valence-electron chi connectivity index (χ4n) is 4.07. The molecule has 1 fully saturated rings. The van der Waals surface area contributed by atoms with E-state index in [9.17, 15) is 13.2 Å². The number of morpholine rings is 1. The predicted octanol–water partition coefficient (Wildman–Crippen LogP) is 3.39. The number of benzene rings is 1. The van der Waals surface area contributed by atoms with Crippen molar-refractivity contribution >= 4 is 67.7 Å². The normalized spacial score (nSPS) is 19.0. The Morgan fingerprint density at radius 3 is 2.70 bits per heavy atom. The standard InChI is InChI=1S/C22H22Cl2N6O4S3/c23-15-10-25-11-16(24)19(15)35-22-29-28-21(36-22)20(31)27-13-1-2-14-17(12-37(32,33)18(14)9-13)26-3-4-30-5-7-34-8-6-30/h1-2,9-11,17,26H,3-8,12H2,(H,27,31). The molecule has 1 amide bonds. The van der Waals surface area contributed by atoms with Gasteiger partial charge in [-0.15, -0.1) is 10.2 Å². The second kappa shape index (κ2) is 11.5. The molecule has 2 N–H and O–H groups in total. The summed E-state index contributed by atoms with van der Waals surface area (Å²) in [5.74, 6) is -0.508. The molecule has 0 bridgehead atoms. The summed E-state index contributed by atoms with van der Waals surface area (Å²) >= 11 is 14.5. The minimum Gasteiger partial charge on any atom is -0.379 e. The summed E-state index contributed by atoms with van der Waals surface area (Å²) in [4.78, 5) is 19.8. The molecule has 1 saturated heterocycles. The van der Waals surface area contributed by atoms with Crippen LogP contribution in [0.3, 0.4) is 0 Å². The molecule has 2 aliphatic heterocycles. The van der Waals surface area contributed by atoms with E-state index in [0.29, 0.717) is 37.1 Å². The highest BCUT2D eigenvalue weighted by molar-refractivity contribution is 8.01. The second-order valence-electron chi connectivity index (χ2n) is 8.36. The molecule has 37 heavy (non-hydrogen) atoms.